The summed E-state index contributed by atoms with van der Waals surface area (Å²) in [6.45, 7) is 0.310. The summed E-state index contributed by atoms with van der Waals surface area (Å²) in [6, 6.07) is 2.90. The van der Waals surface area contributed by atoms with E-state index < -0.39 is 31.7 Å². The van der Waals surface area contributed by atoms with E-state index in [-0.39, 0.29) is 31.5 Å². The van der Waals surface area contributed by atoms with Gasteiger partial charge in [-0.1, -0.05) is 17.7 Å². The van der Waals surface area contributed by atoms with Gasteiger partial charge in [0.25, 0.3) is 0 Å². The maximum absolute atomic E-state index is 13.1. The summed E-state index contributed by atoms with van der Waals surface area (Å²) in [7, 11) is -2.62. The number of likely N-dealkylation sites (N-methyl/N-ethyl adjacent to an activating group) is 1. The predicted molar refractivity (Wildman–Crippen MR) is 84.5 cm³/mol. The molecule has 132 valence electrons. The number of alkyl halides is 3. The number of halogens is 5. The summed E-state index contributed by atoms with van der Waals surface area (Å²) < 4.78 is 65.7. The predicted octanol–water partition coefficient (Wildman–Crippen LogP) is 3.15. The number of sulfonamides is 1. The maximum atomic E-state index is 13.1. The normalized spacial score (nSPS) is 20.1. The highest BCUT2D eigenvalue weighted by Crippen LogP contribution is 2.39. The fourth-order valence-electron chi connectivity index (χ4n) is 2.52. The Balaban J connectivity index is 0.00000264. The lowest BCUT2D eigenvalue weighted by molar-refractivity contribution is -0.139. The van der Waals surface area contributed by atoms with Crippen LogP contribution in [0.2, 0.25) is 5.02 Å². The Labute approximate surface area is 144 Å². The zero-order chi connectivity index (χ0) is 16.5. The molecule has 1 aromatic rings. The van der Waals surface area contributed by atoms with Gasteiger partial charge in [-0.3, -0.25) is 0 Å². The summed E-state index contributed by atoms with van der Waals surface area (Å²) in [5.41, 5.74) is -1.23. The minimum atomic E-state index is -4.79. The first-order valence-corrected chi connectivity index (χ1v) is 8.53. The lowest BCUT2D eigenvalue weighted by Gasteiger charge is -2.32. The number of hydrogen-bond acceptors (Lipinski definition) is 3. The molecular weight excluding hydrogens is 376 g/mol. The van der Waals surface area contributed by atoms with Crippen LogP contribution < -0.4 is 5.32 Å². The van der Waals surface area contributed by atoms with Gasteiger partial charge in [-0.25, -0.2) is 8.42 Å². The molecule has 4 nitrogen and oxygen atoms in total. The number of nitrogens with zero attached hydrogens (tertiary/aromatic N) is 1. The van der Waals surface area contributed by atoms with Crippen LogP contribution in [0.1, 0.15) is 18.4 Å². The lowest BCUT2D eigenvalue weighted by Crippen LogP contribution is -2.47. The molecule has 1 atom stereocenters. The van der Waals surface area contributed by atoms with Crippen molar-refractivity contribution in [1.82, 2.24) is 9.62 Å². The second kappa shape index (κ2) is 7.57. The van der Waals surface area contributed by atoms with E-state index >= 15 is 0 Å². The maximum Gasteiger partial charge on any atom is 0.417 e. The Morgan fingerprint density at radius 1 is 1.35 bits per heavy atom. The molecule has 1 aliphatic rings. The fraction of sp³-hybridized carbons (Fsp3) is 0.538. The summed E-state index contributed by atoms with van der Waals surface area (Å²) >= 11 is 5.79. The highest BCUT2D eigenvalue weighted by atomic mass is 35.5. The third-order valence-corrected chi connectivity index (χ3v) is 6.06. The van der Waals surface area contributed by atoms with E-state index in [1.54, 1.807) is 7.05 Å². The zero-order valence-electron chi connectivity index (χ0n) is 12.2. The average Bonchev–Trinajstić information content (AvgIpc) is 2.46. The number of benzene rings is 1. The fourth-order valence-corrected chi connectivity index (χ4v) is 4.77. The molecular formula is C13H17Cl2F3N2O2S. The van der Waals surface area contributed by atoms with E-state index in [1.807, 2.05) is 0 Å². The molecule has 23 heavy (non-hydrogen) atoms. The minimum absolute atomic E-state index is 0. The number of nitrogens with one attached hydrogen (secondary N) is 1. The van der Waals surface area contributed by atoms with Crippen LogP contribution in [0.25, 0.3) is 0 Å². The van der Waals surface area contributed by atoms with Gasteiger partial charge in [0.15, 0.2) is 0 Å². The molecule has 0 bridgehead atoms. The van der Waals surface area contributed by atoms with E-state index in [0.29, 0.717) is 6.42 Å². The van der Waals surface area contributed by atoms with Crippen molar-refractivity contribution in [2.75, 3.05) is 20.1 Å². The van der Waals surface area contributed by atoms with Crippen LogP contribution >= 0.6 is 24.0 Å². The van der Waals surface area contributed by atoms with Gasteiger partial charge in [-0.05, 0) is 32.0 Å². The van der Waals surface area contributed by atoms with Crippen LogP contribution in [0.3, 0.4) is 0 Å². The van der Waals surface area contributed by atoms with Gasteiger partial charge in [-0.2, -0.15) is 17.5 Å². The van der Waals surface area contributed by atoms with E-state index in [1.165, 1.54) is 0 Å². The SMILES string of the molecule is CNC1CCCN(S(=O)(=O)c2c(Cl)cccc2C(F)(F)F)C1.Cl. The Morgan fingerprint density at radius 2 is 2.00 bits per heavy atom. The number of hydrogen-bond donors (Lipinski definition) is 1. The van der Waals surface area contributed by atoms with Crippen molar-refractivity contribution in [2.24, 2.45) is 0 Å². The molecule has 0 aromatic heterocycles. The van der Waals surface area contributed by atoms with Gasteiger partial charge in [0.1, 0.15) is 4.90 Å². The highest BCUT2D eigenvalue weighted by Gasteiger charge is 2.41. The van der Waals surface area contributed by atoms with Crippen LogP contribution in [0.15, 0.2) is 23.1 Å². The van der Waals surface area contributed by atoms with Gasteiger partial charge in [0, 0.05) is 19.1 Å². The Morgan fingerprint density at radius 3 is 2.57 bits per heavy atom. The molecule has 0 aliphatic carbocycles. The quantitative estimate of drug-likeness (QED) is 0.859. The third-order valence-electron chi connectivity index (χ3n) is 3.66. The first kappa shape index (κ1) is 20.5. The Kier molecular flexibility index (Phi) is 6.74. The Bertz CT molecular complexity index is 653. The van der Waals surface area contributed by atoms with Crippen LogP contribution in [0, 0.1) is 0 Å². The van der Waals surface area contributed by atoms with Crippen molar-refractivity contribution in [1.29, 1.82) is 0 Å². The van der Waals surface area contributed by atoms with Gasteiger partial charge in [0.05, 0.1) is 10.6 Å². The molecule has 0 saturated carbocycles. The van der Waals surface area contributed by atoms with Crippen LogP contribution in [-0.4, -0.2) is 38.9 Å². The molecule has 1 heterocycles. The standard InChI is InChI=1S/C13H16ClF3N2O2S.ClH/c1-18-9-4-3-7-19(8-9)22(20,21)12-10(13(15,16)17)5-2-6-11(12)14;/h2,5-6,9,18H,3-4,7-8H2,1H3;1H. The second-order valence-electron chi connectivity index (χ2n) is 5.11. The van der Waals surface area contributed by atoms with Crippen LogP contribution in [-0.2, 0) is 16.2 Å². The van der Waals surface area contributed by atoms with Crippen LogP contribution in [0.5, 0.6) is 0 Å². The monoisotopic (exact) mass is 392 g/mol. The van der Waals surface area contributed by atoms with Crippen molar-refractivity contribution >= 4 is 34.0 Å². The van der Waals surface area contributed by atoms with E-state index in [9.17, 15) is 21.6 Å². The summed E-state index contributed by atoms with van der Waals surface area (Å²) in [5, 5.41) is 2.54. The Hall–Kier alpha value is -0.540. The van der Waals surface area contributed by atoms with Crippen molar-refractivity contribution in [3.05, 3.63) is 28.8 Å². The third kappa shape index (κ3) is 4.30. The molecule has 1 saturated heterocycles. The number of rotatable bonds is 3. The molecule has 1 aliphatic heterocycles. The molecule has 1 fully saturated rings. The van der Waals surface area contributed by atoms with E-state index in [2.05, 4.69) is 5.32 Å². The largest absolute Gasteiger partial charge is 0.417 e. The molecule has 0 amide bonds. The highest BCUT2D eigenvalue weighted by molar-refractivity contribution is 7.89. The van der Waals surface area contributed by atoms with Gasteiger partial charge >= 0.3 is 6.18 Å². The topological polar surface area (TPSA) is 49.4 Å². The van der Waals surface area contributed by atoms with Crippen molar-refractivity contribution < 1.29 is 21.6 Å². The molecule has 10 heteroatoms. The van der Waals surface area contributed by atoms with Gasteiger partial charge in [0.2, 0.25) is 10.0 Å². The summed E-state index contributed by atoms with van der Waals surface area (Å²) in [4.78, 5) is -0.860. The molecule has 2 rings (SSSR count). The van der Waals surface area contributed by atoms with Crippen molar-refractivity contribution in [3.63, 3.8) is 0 Å². The van der Waals surface area contributed by atoms with E-state index in [4.69, 9.17) is 11.6 Å². The minimum Gasteiger partial charge on any atom is -0.316 e. The molecule has 0 radical (unpaired) electrons. The van der Waals surface area contributed by atoms with Gasteiger partial charge in [-0.15, -0.1) is 12.4 Å². The molecule has 0 spiro atoms. The lowest BCUT2D eigenvalue weighted by atomic mass is 10.1. The number of piperidine rings is 1. The average molecular weight is 393 g/mol. The van der Waals surface area contributed by atoms with Crippen molar-refractivity contribution in [2.45, 2.75) is 30.0 Å². The molecule has 1 N–H and O–H groups in total. The smallest absolute Gasteiger partial charge is 0.316 e. The summed E-state index contributed by atoms with van der Waals surface area (Å²) in [5.74, 6) is 0. The zero-order valence-corrected chi connectivity index (χ0v) is 14.6. The second-order valence-corrected chi connectivity index (χ2v) is 7.39. The summed E-state index contributed by atoms with van der Waals surface area (Å²) in [6.07, 6.45) is -3.43. The molecule has 1 unspecified atom stereocenters. The first-order chi connectivity index (χ1) is 10.2. The van der Waals surface area contributed by atoms with Crippen molar-refractivity contribution in [3.8, 4) is 0 Å². The van der Waals surface area contributed by atoms with Crippen LogP contribution in [0.4, 0.5) is 13.2 Å². The molecule has 1 aromatic carbocycles. The van der Waals surface area contributed by atoms with Gasteiger partial charge < -0.3 is 5.32 Å². The van der Waals surface area contributed by atoms with E-state index in [0.717, 1.165) is 28.9 Å². The first-order valence-electron chi connectivity index (χ1n) is 6.71.